The van der Waals surface area contributed by atoms with Crippen molar-refractivity contribution in [3.63, 3.8) is 0 Å². The number of para-hydroxylation sites is 1. The average molecular weight is 537 g/mol. The minimum Gasteiger partial charge on any atom is -0.491 e. The summed E-state index contributed by atoms with van der Waals surface area (Å²) in [7, 11) is 1.57. The van der Waals surface area contributed by atoms with Crippen molar-refractivity contribution in [2.45, 2.75) is 50.2 Å². The molecule has 0 saturated carbocycles. The second-order valence-corrected chi connectivity index (χ2v) is 9.81. The fraction of sp³-hybridized carbons (Fsp3) is 0.448. The van der Waals surface area contributed by atoms with Crippen LogP contribution in [0.2, 0.25) is 0 Å². The van der Waals surface area contributed by atoms with Crippen molar-refractivity contribution in [2.24, 2.45) is 0 Å². The number of hydrogen-bond donors (Lipinski definition) is 3. The highest BCUT2D eigenvalue weighted by Crippen LogP contribution is 2.24. The van der Waals surface area contributed by atoms with Crippen LogP contribution >= 0.6 is 0 Å². The maximum atomic E-state index is 13.8. The van der Waals surface area contributed by atoms with Crippen LogP contribution in [0.5, 0.6) is 5.75 Å². The summed E-state index contributed by atoms with van der Waals surface area (Å²) in [6, 6.07) is 14.1. The molecule has 2 aliphatic rings. The van der Waals surface area contributed by atoms with Gasteiger partial charge in [-0.05, 0) is 37.0 Å². The largest absolute Gasteiger partial charge is 0.491 e. The molecular formula is C29H36N4O6. The Balaban J connectivity index is 1.62. The van der Waals surface area contributed by atoms with Crippen LogP contribution in [0.1, 0.15) is 41.6 Å². The van der Waals surface area contributed by atoms with Crippen molar-refractivity contribution < 1.29 is 28.7 Å². The van der Waals surface area contributed by atoms with Gasteiger partial charge in [-0.25, -0.2) is 0 Å². The van der Waals surface area contributed by atoms with E-state index in [1.807, 2.05) is 30.3 Å². The lowest BCUT2D eigenvalue weighted by Crippen LogP contribution is -2.54. The quantitative estimate of drug-likeness (QED) is 0.460. The van der Waals surface area contributed by atoms with Gasteiger partial charge in [0.1, 0.15) is 24.4 Å². The van der Waals surface area contributed by atoms with E-state index in [-0.39, 0.29) is 30.5 Å². The third-order valence-electron chi connectivity index (χ3n) is 6.97. The highest BCUT2D eigenvalue weighted by atomic mass is 16.5. The summed E-state index contributed by atoms with van der Waals surface area (Å²) in [6.45, 7) is 1.56. The molecule has 3 atom stereocenters. The van der Waals surface area contributed by atoms with Gasteiger partial charge in [-0.2, -0.15) is 0 Å². The Labute approximate surface area is 228 Å². The van der Waals surface area contributed by atoms with E-state index in [4.69, 9.17) is 9.47 Å². The van der Waals surface area contributed by atoms with Gasteiger partial charge in [0.15, 0.2) is 0 Å². The van der Waals surface area contributed by atoms with Crippen molar-refractivity contribution in [2.75, 3.05) is 33.4 Å². The zero-order chi connectivity index (χ0) is 27.6. The fourth-order valence-corrected chi connectivity index (χ4v) is 4.95. The Morgan fingerprint density at radius 2 is 1.85 bits per heavy atom. The lowest BCUT2D eigenvalue weighted by Gasteiger charge is -2.30. The predicted octanol–water partition coefficient (Wildman–Crippen LogP) is 1.44. The molecule has 1 saturated heterocycles. The summed E-state index contributed by atoms with van der Waals surface area (Å²) in [5.41, 5.74) is 1.16. The van der Waals surface area contributed by atoms with Gasteiger partial charge in [-0.1, -0.05) is 42.5 Å². The Hall–Kier alpha value is -3.92. The van der Waals surface area contributed by atoms with Crippen LogP contribution in [0.15, 0.2) is 54.6 Å². The number of carbonyl (C=O) groups excluding carboxylic acids is 4. The van der Waals surface area contributed by atoms with Crippen LogP contribution in [0.3, 0.4) is 0 Å². The topological polar surface area (TPSA) is 126 Å². The van der Waals surface area contributed by atoms with Gasteiger partial charge >= 0.3 is 0 Å². The van der Waals surface area contributed by atoms with E-state index in [2.05, 4.69) is 16.0 Å². The molecule has 3 N–H and O–H groups in total. The Morgan fingerprint density at radius 1 is 1.08 bits per heavy atom. The minimum atomic E-state index is -1.15. The van der Waals surface area contributed by atoms with Gasteiger partial charge < -0.3 is 30.3 Å². The molecule has 4 amide bonds. The Morgan fingerprint density at radius 3 is 2.64 bits per heavy atom. The summed E-state index contributed by atoms with van der Waals surface area (Å²) in [6.07, 6.45) is 2.14. The van der Waals surface area contributed by atoms with Crippen molar-refractivity contribution >= 4 is 23.6 Å². The van der Waals surface area contributed by atoms with E-state index < -0.39 is 29.8 Å². The summed E-state index contributed by atoms with van der Waals surface area (Å²) in [5.74, 6) is -1.35. The lowest BCUT2D eigenvalue weighted by molar-refractivity contribution is -0.138. The molecule has 2 heterocycles. The number of methoxy groups -OCH3 is 1. The third kappa shape index (κ3) is 7.57. The van der Waals surface area contributed by atoms with E-state index in [1.165, 1.54) is 0 Å². The first-order valence-electron chi connectivity index (χ1n) is 13.4. The fourth-order valence-electron chi connectivity index (χ4n) is 4.95. The average Bonchev–Trinajstić information content (AvgIpc) is 3.42. The number of rotatable bonds is 7. The number of hydrogen-bond acceptors (Lipinski definition) is 6. The molecule has 2 aromatic carbocycles. The van der Waals surface area contributed by atoms with Gasteiger partial charge in [0, 0.05) is 33.2 Å². The molecule has 0 radical (unpaired) electrons. The van der Waals surface area contributed by atoms with Gasteiger partial charge in [0.25, 0.3) is 5.91 Å². The standard InChI is InChI=1S/C29H36N4O6/c1-38-16-8-14-30-28(36)23-18-26(34)31-24(17-20-9-3-2-4-10-20)29(37)33-15-7-11-21(33)19-39-25-13-6-5-12-22(25)27(35)32-23/h2-6,9-10,12-13,21,23-24H,7-8,11,14-19H2,1H3,(H,30,36)(H,31,34)(H,32,35)/t21-,23+,24+/m1/s1. The van der Waals surface area contributed by atoms with Crippen molar-refractivity contribution in [1.82, 2.24) is 20.9 Å². The molecule has 0 aliphatic carbocycles. The zero-order valence-corrected chi connectivity index (χ0v) is 22.2. The summed E-state index contributed by atoms with van der Waals surface area (Å²) < 4.78 is 11.1. The van der Waals surface area contributed by atoms with E-state index in [0.717, 1.165) is 18.4 Å². The molecule has 0 unspecified atom stereocenters. The maximum Gasteiger partial charge on any atom is 0.255 e. The molecular weight excluding hydrogens is 500 g/mol. The van der Waals surface area contributed by atoms with E-state index in [9.17, 15) is 19.2 Å². The second kappa shape index (κ2) is 13.7. The van der Waals surface area contributed by atoms with Crippen LogP contribution in [0, 0.1) is 0 Å². The van der Waals surface area contributed by atoms with E-state index >= 15 is 0 Å². The van der Waals surface area contributed by atoms with Crippen molar-refractivity contribution in [1.29, 1.82) is 0 Å². The first kappa shape index (κ1) is 28.1. The zero-order valence-electron chi connectivity index (χ0n) is 22.2. The summed E-state index contributed by atoms with van der Waals surface area (Å²) in [4.78, 5) is 55.1. The first-order chi connectivity index (χ1) is 19.0. The number of fused-ring (bicyclic) bond motifs is 2. The second-order valence-electron chi connectivity index (χ2n) is 9.81. The van der Waals surface area contributed by atoms with Gasteiger partial charge in [-0.3, -0.25) is 19.2 Å². The number of amides is 4. The smallest absolute Gasteiger partial charge is 0.255 e. The summed E-state index contributed by atoms with van der Waals surface area (Å²) in [5, 5.41) is 8.31. The van der Waals surface area contributed by atoms with E-state index in [1.54, 1.807) is 36.3 Å². The molecule has 4 rings (SSSR count). The monoisotopic (exact) mass is 536 g/mol. The highest BCUT2D eigenvalue weighted by Gasteiger charge is 2.36. The predicted molar refractivity (Wildman–Crippen MR) is 144 cm³/mol. The molecule has 1 fully saturated rings. The SMILES string of the molecule is COCCCNC(=O)[C@@H]1CC(=O)N[C@@H](Cc2ccccc2)C(=O)N2CCC[C@@H]2COc2ccccc2C(=O)N1. The molecule has 208 valence electrons. The molecule has 0 spiro atoms. The van der Waals surface area contributed by atoms with Crippen LogP contribution in [0.25, 0.3) is 0 Å². The third-order valence-corrected chi connectivity index (χ3v) is 6.97. The minimum absolute atomic E-state index is 0.183. The Bertz CT molecular complexity index is 1160. The number of ether oxygens (including phenoxy) is 2. The van der Waals surface area contributed by atoms with Crippen molar-refractivity contribution in [3.05, 3.63) is 65.7 Å². The van der Waals surface area contributed by atoms with Gasteiger partial charge in [0.2, 0.25) is 17.7 Å². The molecule has 2 aromatic rings. The first-order valence-corrected chi connectivity index (χ1v) is 13.4. The normalized spacial score (nSPS) is 22.0. The molecule has 10 heteroatoms. The number of nitrogens with one attached hydrogen (secondary N) is 3. The molecule has 0 aromatic heterocycles. The molecule has 10 nitrogen and oxygen atoms in total. The van der Waals surface area contributed by atoms with Crippen molar-refractivity contribution in [3.8, 4) is 5.75 Å². The maximum absolute atomic E-state index is 13.8. The van der Waals surface area contributed by atoms with Gasteiger partial charge in [-0.15, -0.1) is 0 Å². The van der Waals surface area contributed by atoms with Crippen LogP contribution in [-0.2, 0) is 25.5 Å². The molecule has 39 heavy (non-hydrogen) atoms. The number of benzene rings is 2. The summed E-state index contributed by atoms with van der Waals surface area (Å²) >= 11 is 0. The van der Waals surface area contributed by atoms with E-state index in [0.29, 0.717) is 38.3 Å². The Kier molecular flexibility index (Phi) is 9.91. The lowest BCUT2D eigenvalue weighted by atomic mass is 10.0. The van der Waals surface area contributed by atoms with Gasteiger partial charge in [0.05, 0.1) is 18.0 Å². The number of nitrogens with zero attached hydrogens (tertiary/aromatic N) is 1. The van der Waals surface area contributed by atoms with Crippen LogP contribution < -0.4 is 20.7 Å². The highest BCUT2D eigenvalue weighted by molar-refractivity contribution is 6.01. The molecule has 2 aliphatic heterocycles. The molecule has 0 bridgehead atoms. The van der Waals surface area contributed by atoms with Crippen LogP contribution in [-0.4, -0.2) is 80.1 Å². The van der Waals surface area contributed by atoms with Crippen LogP contribution in [0.4, 0.5) is 0 Å². The number of carbonyl (C=O) groups is 4.